The minimum Gasteiger partial charge on any atom is -0.314 e. The third kappa shape index (κ3) is 4.07. The minimum absolute atomic E-state index is 0.00255. The summed E-state index contributed by atoms with van der Waals surface area (Å²) in [5, 5.41) is 14.1. The van der Waals surface area contributed by atoms with Crippen molar-refractivity contribution in [2.45, 2.75) is 39.2 Å². The number of rotatable bonds is 7. The van der Waals surface area contributed by atoms with Crippen molar-refractivity contribution in [1.29, 1.82) is 0 Å². The Morgan fingerprint density at radius 3 is 2.72 bits per heavy atom. The van der Waals surface area contributed by atoms with E-state index in [0.29, 0.717) is 18.0 Å². The zero-order chi connectivity index (χ0) is 13.5. The number of benzene rings is 1. The summed E-state index contributed by atoms with van der Waals surface area (Å²) in [5.74, 6) is -0.424. The van der Waals surface area contributed by atoms with Crippen LogP contribution >= 0.6 is 0 Å². The van der Waals surface area contributed by atoms with E-state index < -0.39 is 10.7 Å². The van der Waals surface area contributed by atoms with Crippen molar-refractivity contribution in [1.82, 2.24) is 5.32 Å². The molecule has 1 N–H and O–H groups in total. The number of nitro groups is 1. The molecule has 0 saturated heterocycles. The van der Waals surface area contributed by atoms with E-state index in [2.05, 4.69) is 12.2 Å². The van der Waals surface area contributed by atoms with E-state index in [-0.39, 0.29) is 5.69 Å². The third-order valence-corrected chi connectivity index (χ3v) is 2.99. The third-order valence-electron chi connectivity index (χ3n) is 2.99. The Bertz CT molecular complexity index is 410. The van der Waals surface area contributed by atoms with Gasteiger partial charge in [-0.05, 0) is 37.9 Å². The predicted octanol–water partition coefficient (Wildman–Crippen LogP) is 3.05. The second-order valence-corrected chi connectivity index (χ2v) is 4.23. The second-order valence-electron chi connectivity index (χ2n) is 4.23. The summed E-state index contributed by atoms with van der Waals surface area (Å²) in [4.78, 5) is 10.4. The molecule has 1 atom stereocenters. The Labute approximate surface area is 106 Å². The lowest BCUT2D eigenvalue weighted by atomic mass is 10.0. The van der Waals surface area contributed by atoms with Crippen LogP contribution in [0.5, 0.6) is 0 Å². The first-order valence-electron chi connectivity index (χ1n) is 6.24. The second kappa shape index (κ2) is 7.06. The lowest BCUT2D eigenvalue weighted by Crippen LogP contribution is -2.28. The Kier molecular flexibility index (Phi) is 5.71. The smallest absolute Gasteiger partial charge is 0.272 e. The summed E-state index contributed by atoms with van der Waals surface area (Å²) in [6.45, 7) is 4.95. The van der Waals surface area contributed by atoms with E-state index in [1.54, 1.807) is 0 Å². The van der Waals surface area contributed by atoms with Crippen molar-refractivity contribution in [3.63, 3.8) is 0 Å². The van der Waals surface area contributed by atoms with Crippen LogP contribution in [-0.4, -0.2) is 17.5 Å². The SMILES string of the molecule is CCNC(CC)CCc1cc(F)ccc1[N+](=O)[O-]. The monoisotopic (exact) mass is 254 g/mol. The summed E-state index contributed by atoms with van der Waals surface area (Å²) >= 11 is 0. The van der Waals surface area contributed by atoms with Gasteiger partial charge in [-0.1, -0.05) is 13.8 Å². The highest BCUT2D eigenvalue weighted by Gasteiger charge is 2.15. The van der Waals surface area contributed by atoms with Gasteiger partial charge in [-0.25, -0.2) is 4.39 Å². The van der Waals surface area contributed by atoms with Crippen LogP contribution in [0.3, 0.4) is 0 Å². The Morgan fingerprint density at radius 2 is 2.17 bits per heavy atom. The molecule has 0 amide bonds. The summed E-state index contributed by atoms with van der Waals surface area (Å²) in [6.07, 6.45) is 2.24. The maximum Gasteiger partial charge on any atom is 0.272 e. The van der Waals surface area contributed by atoms with Crippen LogP contribution in [0, 0.1) is 15.9 Å². The largest absolute Gasteiger partial charge is 0.314 e. The van der Waals surface area contributed by atoms with Gasteiger partial charge in [-0.15, -0.1) is 0 Å². The number of nitrogens with one attached hydrogen (secondary N) is 1. The molecule has 0 heterocycles. The van der Waals surface area contributed by atoms with E-state index in [9.17, 15) is 14.5 Å². The van der Waals surface area contributed by atoms with Gasteiger partial charge in [-0.3, -0.25) is 10.1 Å². The number of aryl methyl sites for hydroxylation is 1. The molecule has 100 valence electrons. The summed E-state index contributed by atoms with van der Waals surface area (Å²) < 4.78 is 13.1. The molecular weight excluding hydrogens is 235 g/mol. The van der Waals surface area contributed by atoms with Crippen LogP contribution in [0.25, 0.3) is 0 Å². The fraction of sp³-hybridized carbons (Fsp3) is 0.538. The molecule has 5 heteroatoms. The van der Waals surface area contributed by atoms with E-state index in [0.717, 1.165) is 25.5 Å². The highest BCUT2D eigenvalue weighted by Crippen LogP contribution is 2.21. The molecule has 0 aliphatic heterocycles. The first-order chi connectivity index (χ1) is 8.58. The molecule has 1 rings (SSSR count). The number of nitro benzene ring substituents is 1. The summed E-state index contributed by atoms with van der Waals surface area (Å²) in [5.41, 5.74) is 0.471. The van der Waals surface area contributed by atoms with E-state index in [4.69, 9.17) is 0 Å². The van der Waals surface area contributed by atoms with Crippen molar-refractivity contribution in [3.8, 4) is 0 Å². The van der Waals surface area contributed by atoms with Crippen molar-refractivity contribution in [2.24, 2.45) is 0 Å². The maximum atomic E-state index is 13.1. The quantitative estimate of drug-likeness (QED) is 0.601. The van der Waals surface area contributed by atoms with Crippen molar-refractivity contribution < 1.29 is 9.31 Å². The van der Waals surface area contributed by atoms with Gasteiger partial charge in [0.15, 0.2) is 0 Å². The van der Waals surface area contributed by atoms with Crippen molar-refractivity contribution >= 4 is 5.69 Å². The fourth-order valence-corrected chi connectivity index (χ4v) is 2.00. The maximum absolute atomic E-state index is 13.1. The Balaban J connectivity index is 2.76. The lowest BCUT2D eigenvalue weighted by Gasteiger charge is -2.15. The first kappa shape index (κ1) is 14.6. The molecule has 1 unspecified atom stereocenters. The molecule has 0 fully saturated rings. The Morgan fingerprint density at radius 1 is 1.44 bits per heavy atom. The van der Waals surface area contributed by atoms with Crippen molar-refractivity contribution in [2.75, 3.05) is 6.54 Å². The van der Waals surface area contributed by atoms with E-state index in [1.807, 2.05) is 6.92 Å². The molecular formula is C13H19FN2O2. The summed E-state index contributed by atoms with van der Waals surface area (Å²) in [7, 11) is 0. The highest BCUT2D eigenvalue weighted by atomic mass is 19.1. The van der Waals surface area contributed by atoms with Crippen molar-refractivity contribution in [3.05, 3.63) is 39.7 Å². The van der Waals surface area contributed by atoms with Gasteiger partial charge in [-0.2, -0.15) is 0 Å². The average Bonchev–Trinajstić information content (AvgIpc) is 2.34. The first-order valence-corrected chi connectivity index (χ1v) is 6.24. The number of hydrogen-bond donors (Lipinski definition) is 1. The van der Waals surface area contributed by atoms with E-state index >= 15 is 0 Å². The molecule has 1 aromatic rings. The highest BCUT2D eigenvalue weighted by molar-refractivity contribution is 5.40. The topological polar surface area (TPSA) is 55.2 Å². The molecule has 0 bridgehead atoms. The summed E-state index contributed by atoms with van der Waals surface area (Å²) in [6, 6.07) is 3.94. The van der Waals surface area contributed by atoms with E-state index in [1.165, 1.54) is 12.1 Å². The molecule has 4 nitrogen and oxygen atoms in total. The molecule has 1 aromatic carbocycles. The number of halogens is 1. The van der Waals surface area contributed by atoms with Crippen LogP contribution in [0.15, 0.2) is 18.2 Å². The van der Waals surface area contributed by atoms with Gasteiger partial charge in [0.2, 0.25) is 0 Å². The van der Waals surface area contributed by atoms with Crippen LogP contribution in [0.4, 0.5) is 10.1 Å². The van der Waals surface area contributed by atoms with Gasteiger partial charge in [0.1, 0.15) is 5.82 Å². The lowest BCUT2D eigenvalue weighted by molar-refractivity contribution is -0.385. The van der Waals surface area contributed by atoms with Gasteiger partial charge in [0.05, 0.1) is 4.92 Å². The predicted molar refractivity (Wildman–Crippen MR) is 69.1 cm³/mol. The van der Waals surface area contributed by atoms with Crippen LogP contribution in [0.2, 0.25) is 0 Å². The van der Waals surface area contributed by atoms with Gasteiger partial charge in [0, 0.05) is 17.7 Å². The fourth-order valence-electron chi connectivity index (χ4n) is 2.00. The number of hydrogen-bond acceptors (Lipinski definition) is 3. The van der Waals surface area contributed by atoms with Gasteiger partial charge in [0.25, 0.3) is 5.69 Å². The zero-order valence-electron chi connectivity index (χ0n) is 10.8. The average molecular weight is 254 g/mol. The zero-order valence-corrected chi connectivity index (χ0v) is 10.8. The molecule has 0 aromatic heterocycles. The molecule has 0 radical (unpaired) electrons. The van der Waals surface area contributed by atoms with Crippen LogP contribution < -0.4 is 5.32 Å². The molecule has 0 saturated carbocycles. The Hall–Kier alpha value is -1.49. The number of nitrogens with zero attached hydrogens (tertiary/aromatic N) is 1. The standard InChI is InChI=1S/C13H19FN2O2/c1-3-12(15-4-2)7-5-10-9-11(14)6-8-13(10)16(17)18/h6,8-9,12,15H,3-5,7H2,1-2H3. The molecule has 0 spiro atoms. The minimum atomic E-state index is -0.455. The van der Waals surface area contributed by atoms with Crippen LogP contribution in [0.1, 0.15) is 32.3 Å². The molecule has 18 heavy (non-hydrogen) atoms. The van der Waals surface area contributed by atoms with Gasteiger partial charge >= 0.3 is 0 Å². The normalized spacial score (nSPS) is 12.4. The van der Waals surface area contributed by atoms with Crippen LogP contribution in [-0.2, 0) is 6.42 Å². The molecule has 0 aliphatic carbocycles. The molecule has 0 aliphatic rings. The van der Waals surface area contributed by atoms with Gasteiger partial charge < -0.3 is 5.32 Å².